The predicted octanol–water partition coefficient (Wildman–Crippen LogP) is 1.81. The zero-order valence-corrected chi connectivity index (χ0v) is 16.9. The van der Waals surface area contributed by atoms with E-state index in [1.807, 2.05) is 44.9 Å². The van der Waals surface area contributed by atoms with Crippen molar-refractivity contribution in [3.63, 3.8) is 0 Å². The fraction of sp³-hybridized carbons (Fsp3) is 0.381. The van der Waals surface area contributed by atoms with E-state index in [1.54, 1.807) is 4.68 Å². The van der Waals surface area contributed by atoms with Crippen molar-refractivity contribution in [2.24, 2.45) is 12.0 Å². The second-order valence-corrected chi connectivity index (χ2v) is 7.11. The van der Waals surface area contributed by atoms with Gasteiger partial charge < -0.3 is 19.5 Å². The van der Waals surface area contributed by atoms with E-state index in [2.05, 4.69) is 54.1 Å². The molecular formula is C21H27N7O. The summed E-state index contributed by atoms with van der Waals surface area (Å²) in [6.07, 6.45) is 7.72. The number of rotatable bonds is 5. The summed E-state index contributed by atoms with van der Waals surface area (Å²) >= 11 is 0. The summed E-state index contributed by atoms with van der Waals surface area (Å²) in [5.41, 5.74) is 2.34. The van der Waals surface area contributed by atoms with Crippen LogP contribution in [0.4, 0.5) is 0 Å². The lowest BCUT2D eigenvalue weighted by atomic mass is 10.1. The molecule has 1 aliphatic rings. The molecule has 2 aromatic heterocycles. The third kappa shape index (κ3) is 4.65. The van der Waals surface area contributed by atoms with E-state index in [4.69, 9.17) is 4.74 Å². The van der Waals surface area contributed by atoms with Gasteiger partial charge in [-0.2, -0.15) is 5.10 Å². The Bertz CT molecular complexity index is 947. The van der Waals surface area contributed by atoms with E-state index in [0.717, 1.165) is 37.0 Å². The van der Waals surface area contributed by atoms with Gasteiger partial charge in [0.2, 0.25) is 0 Å². The van der Waals surface area contributed by atoms with Crippen molar-refractivity contribution >= 4 is 5.96 Å². The molecule has 1 N–H and O–H groups in total. The van der Waals surface area contributed by atoms with Crippen LogP contribution in [0.5, 0.6) is 0 Å². The molecule has 4 rings (SSSR count). The van der Waals surface area contributed by atoms with Crippen molar-refractivity contribution in [2.75, 3.05) is 26.7 Å². The third-order valence-corrected chi connectivity index (χ3v) is 5.08. The van der Waals surface area contributed by atoms with Crippen LogP contribution in [0.2, 0.25) is 0 Å². The molecule has 3 heterocycles. The molecule has 1 fully saturated rings. The van der Waals surface area contributed by atoms with E-state index < -0.39 is 0 Å². The van der Waals surface area contributed by atoms with E-state index in [1.165, 1.54) is 5.56 Å². The average molecular weight is 393 g/mol. The van der Waals surface area contributed by atoms with Crippen molar-refractivity contribution in [2.45, 2.75) is 19.2 Å². The zero-order chi connectivity index (χ0) is 20.1. The fourth-order valence-electron chi connectivity index (χ4n) is 3.57. The van der Waals surface area contributed by atoms with Crippen LogP contribution in [-0.2, 0) is 24.9 Å². The number of nitrogens with zero attached hydrogens (tertiary/aromatic N) is 6. The van der Waals surface area contributed by atoms with Crippen molar-refractivity contribution in [3.8, 4) is 0 Å². The van der Waals surface area contributed by atoms with Crippen LogP contribution in [0.1, 0.15) is 23.1 Å². The smallest absolute Gasteiger partial charge is 0.194 e. The predicted molar refractivity (Wildman–Crippen MR) is 111 cm³/mol. The van der Waals surface area contributed by atoms with Gasteiger partial charge in [-0.15, -0.1) is 0 Å². The summed E-state index contributed by atoms with van der Waals surface area (Å²) in [6.45, 7) is 3.61. The number of ether oxygens (including phenoxy) is 1. The van der Waals surface area contributed by atoms with Gasteiger partial charge in [-0.25, -0.2) is 4.98 Å². The van der Waals surface area contributed by atoms with Crippen molar-refractivity contribution in [1.82, 2.24) is 29.5 Å². The molecule has 152 valence electrons. The topological polar surface area (TPSA) is 72.5 Å². The lowest BCUT2D eigenvalue weighted by Gasteiger charge is -2.34. The van der Waals surface area contributed by atoms with Crippen LogP contribution >= 0.6 is 0 Å². The summed E-state index contributed by atoms with van der Waals surface area (Å²) in [7, 11) is 3.73. The number of guanidine groups is 1. The number of imidazole rings is 1. The number of aryl methyl sites for hydroxylation is 1. The Hall–Kier alpha value is -3.13. The van der Waals surface area contributed by atoms with E-state index in [9.17, 15) is 0 Å². The van der Waals surface area contributed by atoms with Crippen LogP contribution < -0.4 is 5.32 Å². The Balaban J connectivity index is 1.38. The van der Waals surface area contributed by atoms with Crippen molar-refractivity contribution < 1.29 is 4.74 Å². The monoisotopic (exact) mass is 393 g/mol. The first-order chi connectivity index (χ1) is 14.2. The molecule has 1 aliphatic heterocycles. The quantitative estimate of drug-likeness (QED) is 0.529. The number of aromatic nitrogens is 4. The summed E-state index contributed by atoms with van der Waals surface area (Å²) in [4.78, 5) is 11.2. The molecule has 0 amide bonds. The molecule has 8 nitrogen and oxygen atoms in total. The molecule has 1 saturated heterocycles. The molecule has 29 heavy (non-hydrogen) atoms. The van der Waals surface area contributed by atoms with Gasteiger partial charge in [0.25, 0.3) is 0 Å². The average Bonchev–Trinajstić information content (AvgIpc) is 3.38. The summed E-state index contributed by atoms with van der Waals surface area (Å²) < 4.78 is 9.91. The number of benzene rings is 1. The first-order valence-corrected chi connectivity index (χ1v) is 9.82. The number of nitrogens with one attached hydrogen (secondary N) is 1. The van der Waals surface area contributed by atoms with E-state index >= 15 is 0 Å². The second kappa shape index (κ2) is 8.91. The normalized spacial score (nSPS) is 17.5. The van der Waals surface area contributed by atoms with Crippen molar-refractivity contribution in [1.29, 1.82) is 0 Å². The molecule has 0 saturated carbocycles. The SMILES string of the molecule is CN=C(NCc1nccn1Cc1ccccc1)N1CCOC(c2cnn(C)c2)C1. The highest BCUT2D eigenvalue weighted by atomic mass is 16.5. The largest absolute Gasteiger partial charge is 0.370 e. The fourth-order valence-corrected chi connectivity index (χ4v) is 3.57. The molecule has 1 atom stereocenters. The Labute approximate surface area is 170 Å². The van der Waals surface area contributed by atoms with Gasteiger partial charge in [0, 0.05) is 51.3 Å². The van der Waals surface area contributed by atoms with Crippen LogP contribution in [0.3, 0.4) is 0 Å². The van der Waals surface area contributed by atoms with Gasteiger partial charge in [-0.1, -0.05) is 30.3 Å². The standard InChI is InChI=1S/C21H27N7O/c1-22-21(28-10-11-29-19(16-28)18-12-25-26(2)15-18)24-13-20-23-8-9-27(20)14-17-6-4-3-5-7-17/h3-9,12,15,19H,10-11,13-14,16H2,1-2H3,(H,22,24). The number of aliphatic imine (C=N–C) groups is 1. The molecule has 1 aromatic carbocycles. The van der Waals surface area contributed by atoms with Gasteiger partial charge in [0.15, 0.2) is 5.96 Å². The Morgan fingerprint density at radius 2 is 2.17 bits per heavy atom. The van der Waals surface area contributed by atoms with Gasteiger partial charge in [-0.05, 0) is 5.56 Å². The molecule has 0 bridgehead atoms. The van der Waals surface area contributed by atoms with Gasteiger partial charge in [-0.3, -0.25) is 9.67 Å². The first kappa shape index (κ1) is 19.2. The van der Waals surface area contributed by atoms with Crippen molar-refractivity contribution in [3.05, 3.63) is 72.1 Å². The molecule has 1 unspecified atom stereocenters. The Morgan fingerprint density at radius 1 is 1.31 bits per heavy atom. The summed E-state index contributed by atoms with van der Waals surface area (Å²) in [5, 5.41) is 7.72. The second-order valence-electron chi connectivity index (χ2n) is 7.11. The van der Waals surface area contributed by atoms with Crippen LogP contribution in [0.25, 0.3) is 0 Å². The molecule has 8 heteroatoms. The highest BCUT2D eigenvalue weighted by Gasteiger charge is 2.25. The molecule has 0 aliphatic carbocycles. The number of hydrogen-bond acceptors (Lipinski definition) is 4. The summed E-state index contributed by atoms with van der Waals surface area (Å²) in [6, 6.07) is 10.4. The Morgan fingerprint density at radius 3 is 2.93 bits per heavy atom. The highest BCUT2D eigenvalue weighted by molar-refractivity contribution is 5.80. The minimum atomic E-state index is -0.00364. The van der Waals surface area contributed by atoms with Crippen LogP contribution in [0, 0.1) is 0 Å². The van der Waals surface area contributed by atoms with E-state index in [0.29, 0.717) is 13.2 Å². The molecule has 0 radical (unpaired) electrons. The maximum atomic E-state index is 5.94. The Kier molecular flexibility index (Phi) is 5.90. The van der Waals surface area contributed by atoms with Gasteiger partial charge in [0.05, 0.1) is 25.9 Å². The maximum absolute atomic E-state index is 5.94. The lowest BCUT2D eigenvalue weighted by Crippen LogP contribution is -2.48. The zero-order valence-electron chi connectivity index (χ0n) is 16.9. The lowest BCUT2D eigenvalue weighted by molar-refractivity contribution is -0.00806. The molecule has 0 spiro atoms. The highest BCUT2D eigenvalue weighted by Crippen LogP contribution is 2.21. The van der Waals surface area contributed by atoms with Crippen LogP contribution in [0.15, 0.2) is 60.1 Å². The van der Waals surface area contributed by atoms with Crippen LogP contribution in [-0.4, -0.2) is 56.9 Å². The molecule has 3 aromatic rings. The van der Waals surface area contributed by atoms with E-state index in [-0.39, 0.29) is 6.10 Å². The third-order valence-electron chi connectivity index (χ3n) is 5.08. The number of morpholine rings is 1. The minimum absolute atomic E-state index is 0.00364. The molecular weight excluding hydrogens is 366 g/mol. The maximum Gasteiger partial charge on any atom is 0.194 e. The van der Waals surface area contributed by atoms with Gasteiger partial charge >= 0.3 is 0 Å². The minimum Gasteiger partial charge on any atom is -0.370 e. The summed E-state index contributed by atoms with van der Waals surface area (Å²) in [5.74, 6) is 1.84. The first-order valence-electron chi connectivity index (χ1n) is 9.82. The number of hydrogen-bond donors (Lipinski definition) is 1. The van der Waals surface area contributed by atoms with Gasteiger partial charge in [0.1, 0.15) is 11.9 Å².